The number of esters is 1. The molecule has 4 aromatic rings. The van der Waals surface area contributed by atoms with Gasteiger partial charge in [0.15, 0.2) is 11.3 Å². The Bertz CT molecular complexity index is 1520. The molecule has 0 spiro atoms. The molecular formula is C29H28N2O5S. The molecule has 0 radical (unpaired) electrons. The minimum Gasteiger partial charge on any atom is -0.490 e. The summed E-state index contributed by atoms with van der Waals surface area (Å²) in [7, 11) is 0. The molecule has 190 valence electrons. The molecule has 0 saturated carbocycles. The zero-order valence-corrected chi connectivity index (χ0v) is 21.7. The van der Waals surface area contributed by atoms with Crippen LogP contribution in [0, 0.1) is 0 Å². The largest absolute Gasteiger partial charge is 0.490 e. The van der Waals surface area contributed by atoms with Crippen molar-refractivity contribution in [1.82, 2.24) is 0 Å². The van der Waals surface area contributed by atoms with Gasteiger partial charge >= 0.3 is 5.97 Å². The van der Waals surface area contributed by atoms with Crippen molar-refractivity contribution in [3.05, 3.63) is 81.7 Å². The van der Waals surface area contributed by atoms with Crippen LogP contribution in [-0.4, -0.2) is 25.1 Å². The summed E-state index contributed by atoms with van der Waals surface area (Å²) >= 11 is 1.46. The maximum atomic E-state index is 13.4. The molecule has 8 heteroatoms. The van der Waals surface area contributed by atoms with Gasteiger partial charge in [-0.1, -0.05) is 30.3 Å². The summed E-state index contributed by atoms with van der Waals surface area (Å²) in [4.78, 5) is 32.4. The van der Waals surface area contributed by atoms with E-state index in [1.54, 1.807) is 13.0 Å². The Labute approximate surface area is 218 Å². The van der Waals surface area contributed by atoms with Crippen LogP contribution < -0.4 is 15.6 Å². The van der Waals surface area contributed by atoms with E-state index in [2.05, 4.69) is 5.32 Å². The first-order valence-electron chi connectivity index (χ1n) is 12.5. The van der Waals surface area contributed by atoms with Crippen LogP contribution in [0.25, 0.3) is 11.0 Å². The van der Waals surface area contributed by atoms with Gasteiger partial charge in [0.25, 0.3) is 5.91 Å². The molecule has 37 heavy (non-hydrogen) atoms. The first-order valence-corrected chi connectivity index (χ1v) is 13.3. The third-order valence-corrected chi connectivity index (χ3v) is 7.34. The highest BCUT2D eigenvalue weighted by atomic mass is 32.1. The number of rotatable bonds is 7. The third kappa shape index (κ3) is 5.15. The molecule has 0 bridgehead atoms. The highest BCUT2D eigenvalue weighted by molar-refractivity contribution is 7.16. The standard InChI is InChI=1S/C29H28N2O5S/c1-3-34-22-15-10-11-18-17-21(26(32)30-19-12-6-5-7-13-19)27(36-25(18)22)31-28-24(29(33)35-4-2)20-14-8-9-16-23(20)37-28/h5-7,10-13,15,17H,3-4,8-9,14,16H2,1-2H3,(H,30,32)/b31-27-. The lowest BCUT2D eigenvalue weighted by molar-refractivity contribution is 0.0526. The van der Waals surface area contributed by atoms with Crippen molar-refractivity contribution < 1.29 is 23.5 Å². The van der Waals surface area contributed by atoms with Crippen LogP contribution in [0.15, 0.2) is 64.0 Å². The highest BCUT2D eigenvalue weighted by Gasteiger charge is 2.27. The van der Waals surface area contributed by atoms with Crippen LogP contribution in [0.5, 0.6) is 5.75 Å². The zero-order valence-electron chi connectivity index (χ0n) is 20.8. The monoisotopic (exact) mass is 516 g/mol. The molecule has 7 nitrogen and oxygen atoms in total. The van der Waals surface area contributed by atoms with Gasteiger partial charge in [-0.25, -0.2) is 9.79 Å². The number of amides is 1. The molecule has 0 atom stereocenters. The van der Waals surface area contributed by atoms with Gasteiger partial charge in [0.1, 0.15) is 10.6 Å². The molecule has 2 aromatic heterocycles. The van der Waals surface area contributed by atoms with Crippen LogP contribution >= 0.6 is 11.3 Å². The number of fused-ring (bicyclic) bond motifs is 2. The summed E-state index contributed by atoms with van der Waals surface area (Å²) in [6.07, 6.45) is 3.78. The number of nitrogens with zero attached hydrogens (tertiary/aromatic N) is 1. The number of carbonyl (C=O) groups excluding carboxylic acids is 2. The van der Waals surface area contributed by atoms with Gasteiger partial charge in [0.05, 0.1) is 18.8 Å². The Morgan fingerprint density at radius 3 is 2.62 bits per heavy atom. The summed E-state index contributed by atoms with van der Waals surface area (Å²) in [5.41, 5.74) is 2.98. The molecular weight excluding hydrogens is 488 g/mol. The van der Waals surface area contributed by atoms with Crippen LogP contribution in [-0.2, 0) is 17.6 Å². The average molecular weight is 517 g/mol. The highest BCUT2D eigenvalue weighted by Crippen LogP contribution is 2.40. The van der Waals surface area contributed by atoms with E-state index in [1.165, 1.54) is 11.3 Å². The van der Waals surface area contributed by atoms with Gasteiger partial charge in [-0.2, -0.15) is 0 Å². The third-order valence-electron chi connectivity index (χ3n) is 6.15. The molecule has 1 N–H and O–H groups in total. The number of hydrogen-bond acceptors (Lipinski definition) is 7. The van der Waals surface area contributed by atoms with Crippen LogP contribution in [0.3, 0.4) is 0 Å². The molecule has 0 aliphatic heterocycles. The van der Waals surface area contributed by atoms with Gasteiger partial charge in [0.2, 0.25) is 5.55 Å². The number of nitrogens with one attached hydrogen (secondary N) is 1. The Kier molecular flexibility index (Phi) is 7.37. The fraction of sp³-hybridized carbons (Fsp3) is 0.276. The van der Waals surface area contributed by atoms with Gasteiger partial charge in [0, 0.05) is 16.0 Å². The van der Waals surface area contributed by atoms with E-state index >= 15 is 0 Å². The summed E-state index contributed by atoms with van der Waals surface area (Å²) < 4.78 is 17.4. The van der Waals surface area contributed by atoms with E-state index in [1.807, 2.05) is 55.5 Å². The van der Waals surface area contributed by atoms with Crippen LogP contribution in [0.2, 0.25) is 0 Å². The summed E-state index contributed by atoms with van der Waals surface area (Å²) in [5.74, 6) is -0.203. The second kappa shape index (κ2) is 11.0. The van der Waals surface area contributed by atoms with Crippen molar-refractivity contribution in [3.8, 4) is 5.75 Å². The Balaban J connectivity index is 1.72. The SMILES string of the molecule is CCOC(=O)c1c(/N=c2\oc3c(OCC)cccc3cc2C(=O)Nc2ccccc2)sc2c1CCCC2. The Morgan fingerprint density at radius 2 is 1.84 bits per heavy atom. The van der Waals surface area contributed by atoms with Gasteiger partial charge < -0.3 is 19.2 Å². The van der Waals surface area contributed by atoms with Gasteiger partial charge in [-0.3, -0.25) is 4.79 Å². The predicted molar refractivity (Wildman–Crippen MR) is 144 cm³/mol. The van der Waals surface area contributed by atoms with E-state index < -0.39 is 5.97 Å². The smallest absolute Gasteiger partial charge is 0.341 e. The van der Waals surface area contributed by atoms with Crippen LogP contribution in [0.1, 0.15) is 57.8 Å². The fourth-order valence-electron chi connectivity index (χ4n) is 4.50. The predicted octanol–water partition coefficient (Wildman–Crippen LogP) is 6.43. The summed E-state index contributed by atoms with van der Waals surface area (Å²) in [6.45, 7) is 4.41. The van der Waals surface area contributed by atoms with Crippen molar-refractivity contribution in [1.29, 1.82) is 0 Å². The molecule has 0 saturated heterocycles. The molecule has 2 aromatic carbocycles. The summed E-state index contributed by atoms with van der Waals surface area (Å²) in [6, 6.07) is 16.5. The van der Waals surface area contributed by atoms with E-state index in [0.717, 1.165) is 36.1 Å². The van der Waals surface area contributed by atoms with E-state index in [0.29, 0.717) is 39.6 Å². The molecule has 0 fully saturated rings. The van der Waals surface area contributed by atoms with Crippen molar-refractivity contribution >= 4 is 44.9 Å². The van der Waals surface area contributed by atoms with Crippen molar-refractivity contribution in [2.75, 3.05) is 18.5 Å². The lowest BCUT2D eigenvalue weighted by Crippen LogP contribution is -2.21. The van der Waals surface area contributed by atoms with E-state index in [-0.39, 0.29) is 23.6 Å². The minimum absolute atomic E-state index is 0.109. The second-order valence-corrected chi connectivity index (χ2v) is 9.70. The second-order valence-electron chi connectivity index (χ2n) is 8.62. The number of carbonyl (C=O) groups is 2. The maximum Gasteiger partial charge on any atom is 0.341 e. The number of ether oxygens (including phenoxy) is 2. The number of anilines is 1. The average Bonchev–Trinajstić information content (AvgIpc) is 3.27. The van der Waals surface area contributed by atoms with Crippen molar-refractivity contribution in [2.24, 2.45) is 4.99 Å². The molecule has 2 heterocycles. The normalized spacial score (nSPS) is 13.3. The number of aryl methyl sites for hydroxylation is 1. The van der Waals surface area contributed by atoms with Crippen LogP contribution in [0.4, 0.5) is 10.7 Å². The lowest BCUT2D eigenvalue weighted by Gasteiger charge is -2.12. The lowest BCUT2D eigenvalue weighted by atomic mass is 9.95. The number of hydrogen-bond donors (Lipinski definition) is 1. The van der Waals surface area contributed by atoms with Crippen molar-refractivity contribution in [2.45, 2.75) is 39.5 Å². The first kappa shape index (κ1) is 24.8. The number of para-hydroxylation sites is 2. The first-order chi connectivity index (χ1) is 18.1. The Morgan fingerprint density at radius 1 is 1.03 bits per heavy atom. The van der Waals surface area contributed by atoms with Gasteiger partial charge in [-0.05, 0) is 69.4 Å². The summed E-state index contributed by atoms with van der Waals surface area (Å²) in [5, 5.41) is 4.12. The topological polar surface area (TPSA) is 90.1 Å². The van der Waals surface area contributed by atoms with E-state index in [4.69, 9.17) is 18.9 Å². The maximum absolute atomic E-state index is 13.4. The molecule has 1 aliphatic rings. The zero-order chi connectivity index (χ0) is 25.8. The number of thiophene rings is 1. The molecule has 0 unspecified atom stereocenters. The molecule has 1 amide bonds. The molecule has 1 aliphatic carbocycles. The number of benzene rings is 2. The Hall–Kier alpha value is -3.91. The van der Waals surface area contributed by atoms with Gasteiger partial charge in [-0.15, -0.1) is 11.3 Å². The fourth-order valence-corrected chi connectivity index (χ4v) is 5.74. The quantitative estimate of drug-likeness (QED) is 0.286. The molecule has 5 rings (SSSR count). The van der Waals surface area contributed by atoms with E-state index in [9.17, 15) is 9.59 Å². The minimum atomic E-state index is -0.397. The van der Waals surface area contributed by atoms with Crippen molar-refractivity contribution in [3.63, 3.8) is 0 Å².